The lowest BCUT2D eigenvalue weighted by molar-refractivity contribution is -0.136. The summed E-state index contributed by atoms with van der Waals surface area (Å²) < 4.78 is 43.1. The van der Waals surface area contributed by atoms with Crippen LogP contribution in [0, 0.1) is 0 Å². The van der Waals surface area contributed by atoms with Gasteiger partial charge in [-0.25, -0.2) is 0 Å². The molecule has 2 nitrogen and oxygen atoms in total. The molecule has 1 aromatic carbocycles. The van der Waals surface area contributed by atoms with Crippen molar-refractivity contribution in [3.05, 3.63) is 28.2 Å². The summed E-state index contributed by atoms with van der Waals surface area (Å²) in [5.41, 5.74) is 0.985. The Labute approximate surface area is 132 Å². The summed E-state index contributed by atoms with van der Waals surface area (Å²) in [5, 5.41) is 3.19. The van der Waals surface area contributed by atoms with Crippen LogP contribution in [0.2, 0.25) is 0 Å². The maximum atomic E-state index is 12.4. The zero-order valence-corrected chi connectivity index (χ0v) is 13.9. The van der Waals surface area contributed by atoms with Gasteiger partial charge in [-0.2, -0.15) is 13.2 Å². The third-order valence-electron chi connectivity index (χ3n) is 3.16. The van der Waals surface area contributed by atoms with Gasteiger partial charge in [0.1, 0.15) is 5.75 Å². The second kappa shape index (κ2) is 8.63. The summed E-state index contributed by atoms with van der Waals surface area (Å²) >= 11 is 3.40. The molecule has 0 saturated carbocycles. The molecule has 0 amide bonds. The predicted octanol–water partition coefficient (Wildman–Crippen LogP) is 4.71. The Hall–Kier alpha value is -0.750. The second-order valence-electron chi connectivity index (χ2n) is 4.98. The fourth-order valence-corrected chi connectivity index (χ4v) is 2.67. The van der Waals surface area contributed by atoms with Gasteiger partial charge in [0.2, 0.25) is 0 Å². The summed E-state index contributed by atoms with van der Waals surface area (Å²) in [5.74, 6) is 0.715. The van der Waals surface area contributed by atoms with Crippen molar-refractivity contribution in [2.24, 2.45) is 0 Å². The van der Waals surface area contributed by atoms with E-state index in [1.165, 1.54) is 0 Å². The number of alkyl halides is 3. The molecular formula is C15H21BrF3NO. The molecule has 0 fully saturated rings. The van der Waals surface area contributed by atoms with Gasteiger partial charge in [0.15, 0.2) is 0 Å². The smallest absolute Gasteiger partial charge is 0.389 e. The zero-order valence-electron chi connectivity index (χ0n) is 12.3. The minimum absolute atomic E-state index is 0.0904. The van der Waals surface area contributed by atoms with Crippen molar-refractivity contribution in [3.63, 3.8) is 0 Å². The van der Waals surface area contributed by atoms with Crippen molar-refractivity contribution in [3.8, 4) is 5.75 Å². The average molecular weight is 368 g/mol. The van der Waals surface area contributed by atoms with Gasteiger partial charge in [-0.15, -0.1) is 0 Å². The maximum Gasteiger partial charge on any atom is 0.389 e. The van der Waals surface area contributed by atoms with Gasteiger partial charge in [-0.1, -0.05) is 13.0 Å². The standard InChI is InChI=1S/C15H21BrF3NO/c1-3-8-20-12(6-7-15(17,18)19)9-11-4-5-14(21-2)13(16)10-11/h4-5,10,12,20H,3,6-9H2,1-2H3. The number of nitrogens with one attached hydrogen (secondary N) is 1. The number of halogens is 4. The molecule has 0 radical (unpaired) electrons. The van der Waals surface area contributed by atoms with E-state index in [9.17, 15) is 13.2 Å². The minimum atomic E-state index is -4.10. The van der Waals surface area contributed by atoms with Crippen LogP contribution in [0.15, 0.2) is 22.7 Å². The molecule has 0 aliphatic heterocycles. The van der Waals surface area contributed by atoms with E-state index in [0.29, 0.717) is 12.2 Å². The molecule has 1 rings (SSSR count). The Morgan fingerprint density at radius 2 is 2.05 bits per heavy atom. The lowest BCUT2D eigenvalue weighted by Crippen LogP contribution is -2.33. The van der Waals surface area contributed by atoms with Gasteiger partial charge >= 0.3 is 6.18 Å². The van der Waals surface area contributed by atoms with Gasteiger partial charge in [-0.3, -0.25) is 0 Å². The fraction of sp³-hybridized carbons (Fsp3) is 0.600. The average Bonchev–Trinajstić information content (AvgIpc) is 2.41. The van der Waals surface area contributed by atoms with Crippen LogP contribution in [0.25, 0.3) is 0 Å². The Morgan fingerprint density at radius 1 is 1.33 bits per heavy atom. The van der Waals surface area contributed by atoms with Crippen LogP contribution in [0.5, 0.6) is 5.75 Å². The Balaban J connectivity index is 2.68. The van der Waals surface area contributed by atoms with Gasteiger partial charge in [0, 0.05) is 12.5 Å². The van der Waals surface area contributed by atoms with E-state index in [2.05, 4.69) is 21.2 Å². The Bertz CT molecular complexity index is 437. The van der Waals surface area contributed by atoms with Crippen LogP contribution in [-0.2, 0) is 6.42 Å². The van der Waals surface area contributed by atoms with E-state index in [1.807, 2.05) is 25.1 Å². The van der Waals surface area contributed by atoms with Crippen molar-refractivity contribution in [2.45, 2.75) is 44.8 Å². The number of ether oxygens (including phenoxy) is 1. The van der Waals surface area contributed by atoms with Gasteiger partial charge in [0.25, 0.3) is 0 Å². The van der Waals surface area contributed by atoms with E-state index in [1.54, 1.807) is 7.11 Å². The van der Waals surface area contributed by atoms with Gasteiger partial charge in [0.05, 0.1) is 11.6 Å². The van der Waals surface area contributed by atoms with Gasteiger partial charge in [-0.05, 0) is 59.4 Å². The molecule has 1 unspecified atom stereocenters. The number of hydrogen-bond acceptors (Lipinski definition) is 2. The molecule has 1 aromatic rings. The molecule has 0 bridgehead atoms. The third kappa shape index (κ3) is 7.18. The van der Waals surface area contributed by atoms with Crippen molar-refractivity contribution < 1.29 is 17.9 Å². The number of benzene rings is 1. The molecule has 1 atom stereocenters. The molecular weight excluding hydrogens is 347 g/mol. The predicted molar refractivity (Wildman–Crippen MR) is 81.8 cm³/mol. The van der Waals surface area contributed by atoms with Crippen molar-refractivity contribution >= 4 is 15.9 Å². The monoisotopic (exact) mass is 367 g/mol. The molecule has 6 heteroatoms. The Kier molecular flexibility index (Phi) is 7.52. The maximum absolute atomic E-state index is 12.4. The quantitative estimate of drug-likeness (QED) is 0.718. The van der Waals surface area contributed by atoms with Gasteiger partial charge < -0.3 is 10.1 Å². The highest BCUT2D eigenvalue weighted by molar-refractivity contribution is 9.10. The Morgan fingerprint density at radius 3 is 2.57 bits per heavy atom. The first-order chi connectivity index (χ1) is 9.85. The first kappa shape index (κ1) is 18.3. The molecule has 0 saturated heterocycles. The molecule has 0 aliphatic rings. The van der Waals surface area contributed by atoms with Crippen molar-refractivity contribution in [2.75, 3.05) is 13.7 Å². The largest absolute Gasteiger partial charge is 0.496 e. The first-order valence-corrected chi connectivity index (χ1v) is 7.77. The van der Waals surface area contributed by atoms with Crippen LogP contribution in [0.4, 0.5) is 13.2 Å². The highest BCUT2D eigenvalue weighted by Crippen LogP contribution is 2.27. The summed E-state index contributed by atoms with van der Waals surface area (Å²) in [4.78, 5) is 0. The van der Waals surface area contributed by atoms with Crippen LogP contribution >= 0.6 is 15.9 Å². The van der Waals surface area contributed by atoms with E-state index in [-0.39, 0.29) is 12.5 Å². The molecule has 0 aliphatic carbocycles. The second-order valence-corrected chi connectivity index (χ2v) is 5.83. The summed E-state index contributed by atoms with van der Waals surface area (Å²) in [6, 6.07) is 5.43. The number of methoxy groups -OCH3 is 1. The number of rotatable bonds is 8. The summed E-state index contributed by atoms with van der Waals surface area (Å²) in [6.07, 6.45) is -3.31. The first-order valence-electron chi connectivity index (χ1n) is 6.98. The van der Waals surface area contributed by atoms with Crippen LogP contribution in [0.3, 0.4) is 0 Å². The highest BCUT2D eigenvalue weighted by atomic mass is 79.9. The SMILES string of the molecule is CCCNC(CCC(F)(F)F)Cc1ccc(OC)c(Br)c1. The van der Waals surface area contributed by atoms with Crippen molar-refractivity contribution in [1.82, 2.24) is 5.32 Å². The summed E-state index contributed by atoms with van der Waals surface area (Å²) in [7, 11) is 1.58. The van der Waals surface area contributed by atoms with E-state index >= 15 is 0 Å². The normalized spacial score (nSPS) is 13.2. The van der Waals surface area contributed by atoms with Crippen molar-refractivity contribution in [1.29, 1.82) is 0 Å². The minimum Gasteiger partial charge on any atom is -0.496 e. The molecule has 21 heavy (non-hydrogen) atoms. The van der Waals surface area contributed by atoms with Crippen LogP contribution in [0.1, 0.15) is 31.7 Å². The van der Waals surface area contributed by atoms with Crippen LogP contribution < -0.4 is 10.1 Å². The lowest BCUT2D eigenvalue weighted by atomic mass is 10.0. The summed E-state index contributed by atoms with van der Waals surface area (Å²) in [6.45, 7) is 2.72. The fourth-order valence-electron chi connectivity index (χ4n) is 2.08. The lowest BCUT2D eigenvalue weighted by Gasteiger charge is -2.20. The van der Waals surface area contributed by atoms with E-state index in [0.717, 1.165) is 23.0 Å². The van der Waals surface area contributed by atoms with E-state index < -0.39 is 12.6 Å². The van der Waals surface area contributed by atoms with Crippen LogP contribution in [-0.4, -0.2) is 25.9 Å². The molecule has 120 valence electrons. The third-order valence-corrected chi connectivity index (χ3v) is 3.78. The topological polar surface area (TPSA) is 21.3 Å². The highest BCUT2D eigenvalue weighted by Gasteiger charge is 2.28. The molecule has 0 spiro atoms. The zero-order chi connectivity index (χ0) is 15.9. The molecule has 0 heterocycles. The molecule has 1 N–H and O–H groups in total. The van der Waals surface area contributed by atoms with E-state index in [4.69, 9.17) is 4.74 Å². The molecule has 0 aromatic heterocycles. The number of hydrogen-bond donors (Lipinski definition) is 1.